The van der Waals surface area contributed by atoms with Crippen LogP contribution in [0.3, 0.4) is 0 Å². The molecule has 148 valence electrons. The number of anilines is 1. The molecule has 0 aliphatic heterocycles. The van der Waals surface area contributed by atoms with Crippen LogP contribution < -0.4 is 10.7 Å². The first-order valence-electron chi connectivity index (χ1n) is 8.10. The van der Waals surface area contributed by atoms with Crippen molar-refractivity contribution in [1.29, 1.82) is 0 Å². The van der Waals surface area contributed by atoms with Crippen LogP contribution in [0, 0.1) is 5.82 Å². The van der Waals surface area contributed by atoms with E-state index in [1.807, 2.05) is 0 Å². The van der Waals surface area contributed by atoms with Crippen LogP contribution in [0.15, 0.2) is 58.5 Å². The third-order valence-electron chi connectivity index (χ3n) is 3.52. The van der Waals surface area contributed by atoms with Gasteiger partial charge in [0.2, 0.25) is 15.9 Å². The highest BCUT2D eigenvalue weighted by molar-refractivity contribution is 7.89. The van der Waals surface area contributed by atoms with E-state index >= 15 is 0 Å². The molecule has 2 N–H and O–H groups in total. The molecule has 0 aromatic heterocycles. The molecule has 0 fully saturated rings. The molecule has 28 heavy (non-hydrogen) atoms. The highest BCUT2D eigenvalue weighted by atomic mass is 32.2. The fourth-order valence-electron chi connectivity index (χ4n) is 2.14. The summed E-state index contributed by atoms with van der Waals surface area (Å²) in [6, 6.07) is 11.0. The molecule has 0 heterocycles. The minimum Gasteiger partial charge on any atom is -0.326 e. The number of likely N-dealkylation sites (N-methyl/N-ethyl adjacent to an activating group) is 1. The predicted molar refractivity (Wildman–Crippen MR) is 103 cm³/mol. The maximum Gasteiger partial charge on any atom is 0.255 e. The second-order valence-corrected chi connectivity index (χ2v) is 7.86. The van der Waals surface area contributed by atoms with Gasteiger partial charge in [-0.25, -0.2) is 18.2 Å². The van der Waals surface area contributed by atoms with Crippen molar-refractivity contribution in [2.75, 3.05) is 18.9 Å². The van der Waals surface area contributed by atoms with Gasteiger partial charge in [-0.2, -0.15) is 9.41 Å². The van der Waals surface area contributed by atoms with Crippen LogP contribution >= 0.6 is 0 Å². The van der Waals surface area contributed by atoms with Crippen molar-refractivity contribution in [2.24, 2.45) is 5.10 Å². The molecule has 0 bridgehead atoms. The normalized spacial score (nSPS) is 11.6. The number of halogens is 1. The smallest absolute Gasteiger partial charge is 0.255 e. The number of hydrogen-bond acceptors (Lipinski definition) is 5. The number of rotatable bonds is 7. The summed E-state index contributed by atoms with van der Waals surface area (Å²) in [5.41, 5.74) is 3.25. The van der Waals surface area contributed by atoms with Crippen LogP contribution in [-0.4, -0.2) is 44.3 Å². The molecule has 2 aromatic carbocycles. The molecule has 0 radical (unpaired) electrons. The van der Waals surface area contributed by atoms with Gasteiger partial charge in [-0.3, -0.25) is 9.59 Å². The van der Waals surface area contributed by atoms with Gasteiger partial charge in [0, 0.05) is 19.7 Å². The molecule has 8 nitrogen and oxygen atoms in total. The Bertz CT molecular complexity index is 974. The maximum absolute atomic E-state index is 12.8. The maximum atomic E-state index is 12.8. The molecule has 10 heteroatoms. The first kappa shape index (κ1) is 21.2. The summed E-state index contributed by atoms with van der Waals surface area (Å²) in [5.74, 6) is -1.30. The van der Waals surface area contributed by atoms with E-state index in [4.69, 9.17) is 0 Å². The first-order chi connectivity index (χ1) is 13.2. The van der Waals surface area contributed by atoms with Gasteiger partial charge in [0.05, 0.1) is 17.7 Å². The van der Waals surface area contributed by atoms with Gasteiger partial charge in [0.1, 0.15) is 5.82 Å². The number of benzene rings is 2. The number of carbonyl (C=O) groups excluding carboxylic acids is 2. The number of amides is 2. The highest BCUT2D eigenvalue weighted by Gasteiger charge is 2.22. The molecule has 0 spiro atoms. The largest absolute Gasteiger partial charge is 0.326 e. The monoisotopic (exact) mass is 406 g/mol. The molecule has 2 aromatic rings. The standard InChI is InChI=1S/C18H19FN4O4S/c1-13(24)21-16-7-9-17(10-8-16)28(26,27)23(2)12-18(25)22-20-11-14-3-5-15(19)6-4-14/h3-11H,12H2,1-2H3,(H,21,24)(H,22,25)/b20-11+. The Kier molecular flexibility index (Phi) is 6.96. The van der Waals surface area contributed by atoms with Gasteiger partial charge < -0.3 is 5.32 Å². The van der Waals surface area contributed by atoms with Gasteiger partial charge in [0.15, 0.2) is 0 Å². The molecular weight excluding hydrogens is 387 g/mol. The van der Waals surface area contributed by atoms with Crippen LogP contribution in [0.25, 0.3) is 0 Å². The molecule has 0 saturated carbocycles. The molecule has 0 atom stereocenters. The van der Waals surface area contributed by atoms with E-state index < -0.39 is 28.3 Å². The zero-order chi connectivity index (χ0) is 20.7. The van der Waals surface area contributed by atoms with E-state index in [1.165, 1.54) is 68.7 Å². The lowest BCUT2D eigenvalue weighted by Crippen LogP contribution is -2.36. The molecule has 2 amide bonds. The van der Waals surface area contributed by atoms with Gasteiger partial charge in [-0.1, -0.05) is 12.1 Å². The Morgan fingerprint density at radius 3 is 2.29 bits per heavy atom. The Hall–Kier alpha value is -3.11. The van der Waals surface area contributed by atoms with E-state index in [2.05, 4.69) is 15.8 Å². The lowest BCUT2D eigenvalue weighted by Gasteiger charge is -2.16. The predicted octanol–water partition coefficient (Wildman–Crippen LogP) is 1.55. The lowest BCUT2D eigenvalue weighted by atomic mass is 10.2. The fraction of sp³-hybridized carbons (Fsp3) is 0.167. The van der Waals surface area contributed by atoms with Gasteiger partial charge in [0.25, 0.3) is 5.91 Å². The van der Waals surface area contributed by atoms with Crippen molar-refractivity contribution in [1.82, 2.24) is 9.73 Å². The van der Waals surface area contributed by atoms with Gasteiger partial charge in [-0.05, 0) is 42.0 Å². The highest BCUT2D eigenvalue weighted by Crippen LogP contribution is 2.17. The van der Waals surface area contributed by atoms with E-state index in [0.29, 0.717) is 11.3 Å². The first-order valence-corrected chi connectivity index (χ1v) is 9.54. The Morgan fingerprint density at radius 2 is 1.71 bits per heavy atom. The van der Waals surface area contributed by atoms with Crippen molar-refractivity contribution in [3.05, 3.63) is 59.9 Å². The summed E-state index contributed by atoms with van der Waals surface area (Å²) in [7, 11) is -2.63. The number of sulfonamides is 1. The number of hydrogen-bond donors (Lipinski definition) is 2. The number of nitrogens with one attached hydrogen (secondary N) is 2. The van der Waals surface area contributed by atoms with E-state index in [1.54, 1.807) is 0 Å². The molecular formula is C18H19FN4O4S. The molecule has 0 aliphatic carbocycles. The second kappa shape index (κ2) is 9.20. The number of nitrogens with zero attached hydrogens (tertiary/aromatic N) is 2. The minimum absolute atomic E-state index is 0.0216. The average molecular weight is 406 g/mol. The molecule has 2 rings (SSSR count). The van der Waals surface area contributed by atoms with Crippen LogP contribution in [0.4, 0.5) is 10.1 Å². The zero-order valence-corrected chi connectivity index (χ0v) is 16.0. The van der Waals surface area contributed by atoms with E-state index in [0.717, 1.165) is 4.31 Å². The van der Waals surface area contributed by atoms with Crippen molar-refractivity contribution in [3.8, 4) is 0 Å². The topological polar surface area (TPSA) is 108 Å². The minimum atomic E-state index is -3.89. The third kappa shape index (κ3) is 5.96. The zero-order valence-electron chi connectivity index (χ0n) is 15.2. The second-order valence-electron chi connectivity index (χ2n) is 5.81. The SMILES string of the molecule is CC(=O)Nc1ccc(S(=O)(=O)N(C)CC(=O)N/N=C/c2ccc(F)cc2)cc1. The Morgan fingerprint density at radius 1 is 1.11 bits per heavy atom. The number of carbonyl (C=O) groups is 2. The van der Waals surface area contributed by atoms with Crippen molar-refractivity contribution >= 4 is 33.7 Å². The molecule has 0 unspecified atom stereocenters. The lowest BCUT2D eigenvalue weighted by molar-refractivity contribution is -0.121. The van der Waals surface area contributed by atoms with Crippen molar-refractivity contribution in [3.63, 3.8) is 0 Å². The van der Waals surface area contributed by atoms with Gasteiger partial charge >= 0.3 is 0 Å². The van der Waals surface area contributed by atoms with Crippen molar-refractivity contribution < 1.29 is 22.4 Å². The molecule has 0 aliphatic rings. The Labute approximate surface area is 162 Å². The summed E-state index contributed by atoms with van der Waals surface area (Å²) in [6.45, 7) is 0.895. The number of hydrazone groups is 1. The quantitative estimate of drug-likeness (QED) is 0.537. The van der Waals surface area contributed by atoms with E-state index in [-0.39, 0.29) is 10.8 Å². The summed E-state index contributed by atoms with van der Waals surface area (Å²) in [4.78, 5) is 22.9. The van der Waals surface area contributed by atoms with Crippen LogP contribution in [-0.2, 0) is 19.6 Å². The Balaban J connectivity index is 1.96. The van der Waals surface area contributed by atoms with Gasteiger partial charge in [-0.15, -0.1) is 0 Å². The summed E-state index contributed by atoms with van der Waals surface area (Å²) < 4.78 is 38.7. The summed E-state index contributed by atoms with van der Waals surface area (Å²) in [5, 5.41) is 6.25. The van der Waals surface area contributed by atoms with Crippen molar-refractivity contribution in [2.45, 2.75) is 11.8 Å². The van der Waals surface area contributed by atoms with Crippen LogP contribution in [0.2, 0.25) is 0 Å². The van der Waals surface area contributed by atoms with E-state index in [9.17, 15) is 22.4 Å². The average Bonchev–Trinajstić information content (AvgIpc) is 2.63. The van der Waals surface area contributed by atoms with Crippen LogP contribution in [0.1, 0.15) is 12.5 Å². The fourth-order valence-corrected chi connectivity index (χ4v) is 3.27. The van der Waals surface area contributed by atoms with Crippen LogP contribution in [0.5, 0.6) is 0 Å². The summed E-state index contributed by atoms with van der Waals surface area (Å²) >= 11 is 0. The summed E-state index contributed by atoms with van der Waals surface area (Å²) in [6.07, 6.45) is 1.31. The molecule has 0 saturated heterocycles. The third-order valence-corrected chi connectivity index (χ3v) is 5.34.